The zero-order valence-corrected chi connectivity index (χ0v) is 14.7. The Morgan fingerprint density at radius 2 is 1.11 bits per heavy atom. The Labute approximate surface area is 160 Å². The molecule has 136 valence electrons. The van der Waals surface area contributed by atoms with Crippen LogP contribution in [-0.2, 0) is 4.33 Å². The zero-order valence-electron chi connectivity index (χ0n) is 13.2. The third kappa shape index (κ3) is 2.92. The molecule has 0 spiro atoms. The number of para-hydroxylation sites is 2. The summed E-state index contributed by atoms with van der Waals surface area (Å²) in [6, 6.07) is 11.6. The number of rotatable bonds is 4. The first-order valence-corrected chi connectivity index (χ1v) is 8.21. The van der Waals surface area contributed by atoms with Crippen molar-refractivity contribution in [2.45, 2.75) is 4.33 Å². The zero-order chi connectivity index (χ0) is 19.0. The number of hydrogen-bond acceptors (Lipinski definition) is 6. The molecule has 0 aliphatic rings. The minimum atomic E-state index is -2.02. The molecule has 2 heterocycles. The smallest absolute Gasteiger partial charge is 0.205 e. The highest BCUT2D eigenvalue weighted by Crippen LogP contribution is 2.39. The lowest BCUT2D eigenvalue weighted by Crippen LogP contribution is -2.24. The number of hydrogen-bond donors (Lipinski definition) is 0. The van der Waals surface area contributed by atoms with Crippen molar-refractivity contribution in [3.63, 3.8) is 0 Å². The number of aromatic nitrogens is 8. The van der Waals surface area contributed by atoms with Gasteiger partial charge >= 0.3 is 0 Å². The molecule has 2 aromatic heterocycles. The summed E-state index contributed by atoms with van der Waals surface area (Å²) in [5.74, 6) is -1.51. The molecule has 0 unspecified atom stereocenters. The normalized spacial score (nSPS) is 11.7. The highest BCUT2D eigenvalue weighted by molar-refractivity contribution is 6.49. The van der Waals surface area contributed by atoms with Gasteiger partial charge in [-0.2, -0.15) is 9.36 Å². The summed E-state index contributed by atoms with van der Waals surface area (Å²) in [6.07, 6.45) is 0. The van der Waals surface area contributed by atoms with Crippen LogP contribution < -0.4 is 0 Å². The molecule has 12 heteroatoms. The lowest BCUT2D eigenvalue weighted by atomic mass is 10.2. The Hall–Kier alpha value is -2.98. The van der Waals surface area contributed by atoms with Crippen LogP contribution in [0.25, 0.3) is 11.4 Å². The lowest BCUT2D eigenvalue weighted by Gasteiger charge is -2.18. The van der Waals surface area contributed by atoms with Gasteiger partial charge in [-0.1, -0.05) is 47.5 Å². The average Bonchev–Trinajstić information content (AvgIpc) is 3.33. The van der Waals surface area contributed by atoms with E-state index in [1.54, 1.807) is 12.1 Å². The van der Waals surface area contributed by atoms with E-state index in [0.29, 0.717) is 0 Å². The Kier molecular flexibility index (Phi) is 4.28. The van der Waals surface area contributed by atoms with Crippen LogP contribution in [-0.4, -0.2) is 40.4 Å². The van der Waals surface area contributed by atoms with E-state index in [0.717, 1.165) is 9.36 Å². The van der Waals surface area contributed by atoms with Gasteiger partial charge < -0.3 is 0 Å². The van der Waals surface area contributed by atoms with E-state index in [2.05, 4.69) is 31.1 Å². The molecule has 0 atom stereocenters. The summed E-state index contributed by atoms with van der Waals surface area (Å²) in [5.41, 5.74) is 0.0428. The SMILES string of the molecule is Fc1ccccc1-n1nnnc1C(Cl)(Cl)c1nnnn1-c1ccccc1F. The lowest BCUT2D eigenvalue weighted by molar-refractivity contribution is 0.592. The third-order valence-electron chi connectivity index (χ3n) is 3.66. The van der Waals surface area contributed by atoms with Crippen molar-refractivity contribution in [3.8, 4) is 11.4 Å². The fourth-order valence-corrected chi connectivity index (χ4v) is 2.91. The van der Waals surface area contributed by atoms with Crippen molar-refractivity contribution in [2.75, 3.05) is 0 Å². The quantitative estimate of drug-likeness (QED) is 0.482. The van der Waals surface area contributed by atoms with E-state index >= 15 is 0 Å². The molecule has 0 aliphatic heterocycles. The maximum Gasteiger partial charge on any atom is 0.240 e. The van der Waals surface area contributed by atoms with E-state index in [-0.39, 0.29) is 23.0 Å². The van der Waals surface area contributed by atoms with E-state index < -0.39 is 16.0 Å². The van der Waals surface area contributed by atoms with Gasteiger partial charge in [0.1, 0.15) is 23.0 Å². The molecule has 0 saturated heterocycles. The van der Waals surface area contributed by atoms with Gasteiger partial charge in [0.25, 0.3) is 0 Å². The van der Waals surface area contributed by atoms with Crippen LogP contribution >= 0.6 is 23.2 Å². The van der Waals surface area contributed by atoms with Gasteiger partial charge in [0.05, 0.1) is 0 Å². The van der Waals surface area contributed by atoms with Crippen molar-refractivity contribution in [2.24, 2.45) is 0 Å². The van der Waals surface area contributed by atoms with Crippen LogP contribution in [0.1, 0.15) is 11.6 Å². The van der Waals surface area contributed by atoms with E-state index in [1.807, 2.05) is 0 Å². The minimum Gasteiger partial charge on any atom is -0.205 e. The van der Waals surface area contributed by atoms with Gasteiger partial charge in [0.15, 0.2) is 0 Å². The van der Waals surface area contributed by atoms with Gasteiger partial charge in [-0.15, -0.1) is 10.2 Å². The van der Waals surface area contributed by atoms with Crippen LogP contribution in [0.3, 0.4) is 0 Å². The molecule has 8 nitrogen and oxygen atoms in total. The van der Waals surface area contributed by atoms with Crippen molar-refractivity contribution >= 4 is 23.2 Å². The van der Waals surface area contributed by atoms with E-state index in [9.17, 15) is 8.78 Å². The van der Waals surface area contributed by atoms with Crippen LogP contribution in [0.5, 0.6) is 0 Å². The second-order valence-corrected chi connectivity index (χ2v) is 6.63. The molecule has 0 N–H and O–H groups in total. The van der Waals surface area contributed by atoms with Gasteiger partial charge in [0.2, 0.25) is 16.0 Å². The molecular formula is C15H8Cl2F2N8. The number of tetrazole rings is 2. The van der Waals surface area contributed by atoms with Crippen molar-refractivity contribution in [3.05, 3.63) is 71.8 Å². The molecule has 4 rings (SSSR count). The number of benzene rings is 2. The first-order valence-electron chi connectivity index (χ1n) is 7.45. The highest BCUT2D eigenvalue weighted by Gasteiger charge is 2.42. The Balaban J connectivity index is 1.86. The Bertz CT molecular complexity index is 1020. The van der Waals surface area contributed by atoms with Gasteiger partial charge in [-0.3, -0.25) is 0 Å². The standard InChI is InChI=1S/C15H8Cl2F2N8/c16-15(17,13-20-22-24-26(13)11-7-3-1-5-9(11)18)14-21-23-25-27(14)12-8-4-2-6-10(12)19/h1-8H. The van der Waals surface area contributed by atoms with Crippen molar-refractivity contribution in [1.29, 1.82) is 0 Å². The van der Waals surface area contributed by atoms with Gasteiger partial charge in [-0.25, -0.2) is 8.78 Å². The van der Waals surface area contributed by atoms with E-state index in [1.165, 1.54) is 36.4 Å². The predicted molar refractivity (Wildman–Crippen MR) is 90.7 cm³/mol. The first kappa shape index (κ1) is 17.4. The number of halogens is 4. The highest BCUT2D eigenvalue weighted by atomic mass is 35.5. The summed E-state index contributed by atoms with van der Waals surface area (Å²) >= 11 is 13.0. The molecule has 0 fully saturated rings. The van der Waals surface area contributed by atoms with Gasteiger partial charge in [0, 0.05) is 0 Å². The molecule has 0 amide bonds. The van der Waals surface area contributed by atoms with Gasteiger partial charge in [-0.05, 0) is 45.1 Å². The molecule has 0 radical (unpaired) electrons. The predicted octanol–water partition coefficient (Wildman–Crippen LogP) is 2.59. The fourth-order valence-electron chi connectivity index (χ4n) is 2.44. The minimum absolute atomic E-state index is 0.0214. The monoisotopic (exact) mass is 408 g/mol. The van der Waals surface area contributed by atoms with E-state index in [4.69, 9.17) is 23.2 Å². The maximum atomic E-state index is 14.2. The molecule has 0 saturated carbocycles. The number of alkyl halides is 2. The first-order chi connectivity index (χ1) is 13.0. The van der Waals surface area contributed by atoms with Crippen molar-refractivity contribution in [1.82, 2.24) is 40.4 Å². The fraction of sp³-hybridized carbons (Fsp3) is 0.0667. The maximum absolute atomic E-state index is 14.2. The topological polar surface area (TPSA) is 87.2 Å². The molecular weight excluding hydrogens is 401 g/mol. The molecule has 0 aliphatic carbocycles. The second kappa shape index (κ2) is 6.63. The summed E-state index contributed by atoms with van der Waals surface area (Å²) in [5, 5.41) is 22.1. The van der Waals surface area contributed by atoms with Crippen LogP contribution in [0.4, 0.5) is 8.78 Å². The Morgan fingerprint density at radius 3 is 1.52 bits per heavy atom. The second-order valence-electron chi connectivity index (χ2n) is 5.31. The third-order valence-corrected chi connectivity index (χ3v) is 4.34. The molecule has 27 heavy (non-hydrogen) atoms. The summed E-state index contributed by atoms with van der Waals surface area (Å²) in [6.45, 7) is 0. The van der Waals surface area contributed by atoms with Crippen molar-refractivity contribution < 1.29 is 8.78 Å². The number of nitrogens with zero attached hydrogens (tertiary/aromatic N) is 8. The molecule has 0 bridgehead atoms. The molecule has 4 aromatic rings. The van der Waals surface area contributed by atoms with Crippen LogP contribution in [0.2, 0.25) is 0 Å². The average molecular weight is 409 g/mol. The largest absolute Gasteiger partial charge is 0.240 e. The summed E-state index contributed by atoms with van der Waals surface area (Å²) < 4.78 is 28.4. The summed E-state index contributed by atoms with van der Waals surface area (Å²) in [7, 11) is 0. The van der Waals surface area contributed by atoms with Crippen LogP contribution in [0, 0.1) is 11.6 Å². The molecule has 2 aromatic carbocycles. The Morgan fingerprint density at radius 1 is 0.704 bits per heavy atom. The summed E-state index contributed by atoms with van der Waals surface area (Å²) in [4.78, 5) is 0. The van der Waals surface area contributed by atoms with Crippen LogP contribution in [0.15, 0.2) is 48.5 Å².